The number of piperidine rings is 1. The molecule has 25 heavy (non-hydrogen) atoms. The van der Waals surface area contributed by atoms with E-state index in [4.69, 9.17) is 9.47 Å². The van der Waals surface area contributed by atoms with Gasteiger partial charge in [0.2, 0.25) is 5.91 Å². The second-order valence-electron chi connectivity index (χ2n) is 7.46. The van der Waals surface area contributed by atoms with Gasteiger partial charge in [-0.3, -0.25) is 9.69 Å². The van der Waals surface area contributed by atoms with Crippen molar-refractivity contribution in [3.8, 4) is 0 Å². The Balaban J connectivity index is 1.39. The fourth-order valence-corrected chi connectivity index (χ4v) is 4.13. The molecule has 7 nitrogen and oxygen atoms in total. The van der Waals surface area contributed by atoms with Gasteiger partial charge in [0.05, 0.1) is 13.2 Å². The molecule has 7 heteroatoms. The van der Waals surface area contributed by atoms with Crippen molar-refractivity contribution in [2.45, 2.75) is 32.6 Å². The lowest BCUT2D eigenvalue weighted by molar-refractivity contribution is -0.135. The maximum atomic E-state index is 12.6. The number of carbonyl (C=O) groups excluding carboxylic acids is 2. The smallest absolute Gasteiger partial charge is 0.409 e. The first-order valence-electron chi connectivity index (χ1n) is 9.61. The molecule has 0 saturated carbocycles. The second-order valence-corrected chi connectivity index (χ2v) is 7.46. The van der Waals surface area contributed by atoms with Crippen LogP contribution in [0.4, 0.5) is 4.79 Å². The van der Waals surface area contributed by atoms with Crippen LogP contribution in [-0.2, 0) is 14.3 Å². The van der Waals surface area contributed by atoms with Gasteiger partial charge in [-0.2, -0.15) is 0 Å². The molecule has 0 bridgehead atoms. The molecule has 0 aromatic carbocycles. The van der Waals surface area contributed by atoms with E-state index < -0.39 is 0 Å². The zero-order chi connectivity index (χ0) is 17.7. The van der Waals surface area contributed by atoms with Crippen LogP contribution in [0.25, 0.3) is 0 Å². The Kier molecular flexibility index (Phi) is 6.17. The van der Waals surface area contributed by atoms with Crippen molar-refractivity contribution in [3.63, 3.8) is 0 Å². The Labute approximate surface area is 150 Å². The average Bonchev–Trinajstić information content (AvgIpc) is 2.65. The van der Waals surface area contributed by atoms with Gasteiger partial charge in [0.1, 0.15) is 0 Å². The van der Waals surface area contributed by atoms with Crippen LogP contribution in [0.15, 0.2) is 0 Å². The molecule has 2 amide bonds. The second kappa shape index (κ2) is 8.36. The summed E-state index contributed by atoms with van der Waals surface area (Å²) >= 11 is 0. The summed E-state index contributed by atoms with van der Waals surface area (Å²) in [7, 11) is 0. The summed E-state index contributed by atoms with van der Waals surface area (Å²) in [4.78, 5) is 30.1. The van der Waals surface area contributed by atoms with Gasteiger partial charge in [0.15, 0.2) is 0 Å². The number of amides is 2. The summed E-state index contributed by atoms with van der Waals surface area (Å²) in [5, 5.41) is 0. The van der Waals surface area contributed by atoms with Crippen molar-refractivity contribution in [2.75, 3.05) is 65.6 Å². The molecule has 0 N–H and O–H groups in total. The van der Waals surface area contributed by atoms with Crippen molar-refractivity contribution in [2.24, 2.45) is 5.41 Å². The van der Waals surface area contributed by atoms with Crippen LogP contribution >= 0.6 is 0 Å². The highest BCUT2D eigenvalue weighted by Gasteiger charge is 2.36. The zero-order valence-electron chi connectivity index (χ0n) is 15.4. The van der Waals surface area contributed by atoms with Gasteiger partial charge in [-0.05, 0) is 51.1 Å². The van der Waals surface area contributed by atoms with E-state index in [0.29, 0.717) is 44.7 Å². The minimum absolute atomic E-state index is 0.187. The van der Waals surface area contributed by atoms with E-state index in [1.54, 1.807) is 11.8 Å². The molecule has 3 aliphatic rings. The first-order chi connectivity index (χ1) is 12.1. The van der Waals surface area contributed by atoms with E-state index in [9.17, 15) is 9.59 Å². The molecule has 0 radical (unpaired) electrons. The number of hydrogen-bond donors (Lipinski definition) is 0. The molecule has 0 atom stereocenters. The van der Waals surface area contributed by atoms with Gasteiger partial charge in [0.25, 0.3) is 0 Å². The van der Waals surface area contributed by atoms with E-state index in [-0.39, 0.29) is 12.0 Å². The minimum atomic E-state index is -0.271. The molecule has 3 heterocycles. The summed E-state index contributed by atoms with van der Waals surface area (Å²) in [6.45, 7) is 8.84. The van der Waals surface area contributed by atoms with Gasteiger partial charge in [0, 0.05) is 39.4 Å². The van der Waals surface area contributed by atoms with E-state index in [1.165, 1.54) is 25.7 Å². The van der Waals surface area contributed by atoms with E-state index >= 15 is 0 Å². The predicted octanol–water partition coefficient (Wildman–Crippen LogP) is 1.18. The lowest BCUT2D eigenvalue weighted by Gasteiger charge is -2.44. The molecule has 0 aliphatic carbocycles. The van der Waals surface area contributed by atoms with Gasteiger partial charge < -0.3 is 19.3 Å². The Bertz CT molecular complexity index is 461. The minimum Gasteiger partial charge on any atom is -0.450 e. The summed E-state index contributed by atoms with van der Waals surface area (Å²) in [5.41, 5.74) is 0.461. The quantitative estimate of drug-likeness (QED) is 0.762. The first kappa shape index (κ1) is 18.5. The normalized spacial score (nSPS) is 24.4. The van der Waals surface area contributed by atoms with E-state index in [1.807, 2.05) is 4.90 Å². The first-order valence-corrected chi connectivity index (χ1v) is 9.61. The van der Waals surface area contributed by atoms with Crippen molar-refractivity contribution >= 4 is 12.0 Å². The molecule has 0 aromatic rings. The van der Waals surface area contributed by atoms with Crippen molar-refractivity contribution in [1.82, 2.24) is 14.7 Å². The lowest BCUT2D eigenvalue weighted by atomic mass is 9.72. The number of ether oxygens (including phenoxy) is 2. The Morgan fingerprint density at radius 3 is 2.12 bits per heavy atom. The molecule has 3 saturated heterocycles. The summed E-state index contributed by atoms with van der Waals surface area (Å²) in [6, 6.07) is 0. The fourth-order valence-electron chi connectivity index (χ4n) is 4.13. The van der Waals surface area contributed by atoms with E-state index in [0.717, 1.165) is 26.3 Å². The van der Waals surface area contributed by atoms with Crippen molar-refractivity contribution < 1.29 is 19.1 Å². The zero-order valence-corrected chi connectivity index (χ0v) is 15.4. The average molecular weight is 353 g/mol. The number of likely N-dealkylation sites (tertiary alicyclic amines) is 1. The molecular weight excluding hydrogens is 322 g/mol. The third kappa shape index (κ3) is 4.64. The monoisotopic (exact) mass is 353 g/mol. The largest absolute Gasteiger partial charge is 0.450 e. The SMILES string of the molecule is CCOC(=O)N1CCN(C(=O)CN2CCC3(CCOCC3)CC2)CC1. The van der Waals surface area contributed by atoms with Crippen LogP contribution in [0.2, 0.25) is 0 Å². The Hall–Kier alpha value is -1.34. The van der Waals surface area contributed by atoms with Gasteiger partial charge >= 0.3 is 6.09 Å². The van der Waals surface area contributed by atoms with Crippen LogP contribution in [0.3, 0.4) is 0 Å². The van der Waals surface area contributed by atoms with Crippen LogP contribution < -0.4 is 0 Å². The molecule has 3 fully saturated rings. The highest BCUT2D eigenvalue weighted by molar-refractivity contribution is 5.78. The third-order valence-corrected chi connectivity index (χ3v) is 5.99. The fraction of sp³-hybridized carbons (Fsp3) is 0.889. The van der Waals surface area contributed by atoms with Crippen LogP contribution in [0.1, 0.15) is 32.6 Å². The highest BCUT2D eigenvalue weighted by atomic mass is 16.6. The van der Waals surface area contributed by atoms with Crippen LogP contribution in [-0.4, -0.2) is 92.3 Å². The molecule has 0 aromatic heterocycles. The Morgan fingerprint density at radius 1 is 0.920 bits per heavy atom. The standard InChI is InChI=1S/C18H31N3O4/c1-2-25-17(23)21-11-9-20(10-12-21)16(22)15-19-7-3-18(4-8-19)5-13-24-14-6-18/h2-15H2,1H3. The van der Waals surface area contributed by atoms with Crippen LogP contribution in [0.5, 0.6) is 0 Å². The molecule has 1 spiro atoms. The summed E-state index contributed by atoms with van der Waals surface area (Å²) in [6.07, 6.45) is 4.43. The van der Waals surface area contributed by atoms with Crippen LogP contribution in [0, 0.1) is 5.41 Å². The summed E-state index contributed by atoms with van der Waals surface area (Å²) < 4.78 is 10.5. The van der Waals surface area contributed by atoms with Crippen molar-refractivity contribution in [1.29, 1.82) is 0 Å². The lowest BCUT2D eigenvalue weighted by Crippen LogP contribution is -2.53. The van der Waals surface area contributed by atoms with Gasteiger partial charge in [-0.25, -0.2) is 4.79 Å². The maximum Gasteiger partial charge on any atom is 0.409 e. The molecule has 3 aliphatic heterocycles. The number of piperazine rings is 1. The summed E-state index contributed by atoms with van der Waals surface area (Å²) in [5.74, 6) is 0.187. The van der Waals surface area contributed by atoms with Crippen molar-refractivity contribution in [3.05, 3.63) is 0 Å². The number of rotatable bonds is 3. The molecule has 0 unspecified atom stereocenters. The predicted molar refractivity (Wildman–Crippen MR) is 93.3 cm³/mol. The van der Waals surface area contributed by atoms with Gasteiger partial charge in [-0.1, -0.05) is 0 Å². The molecule has 142 valence electrons. The van der Waals surface area contributed by atoms with E-state index in [2.05, 4.69) is 4.90 Å². The number of hydrogen-bond acceptors (Lipinski definition) is 5. The highest BCUT2D eigenvalue weighted by Crippen LogP contribution is 2.40. The number of carbonyl (C=O) groups is 2. The Morgan fingerprint density at radius 2 is 1.52 bits per heavy atom. The topological polar surface area (TPSA) is 62.3 Å². The maximum absolute atomic E-state index is 12.6. The number of nitrogens with zero attached hydrogens (tertiary/aromatic N) is 3. The van der Waals surface area contributed by atoms with Gasteiger partial charge in [-0.15, -0.1) is 0 Å². The molecular formula is C18H31N3O4. The molecule has 3 rings (SSSR count). The third-order valence-electron chi connectivity index (χ3n) is 5.99.